The first-order valence-electron chi connectivity index (χ1n) is 8.41. The Morgan fingerprint density at radius 3 is 2.35 bits per heavy atom. The summed E-state index contributed by atoms with van der Waals surface area (Å²) in [5, 5.41) is 11.4. The summed E-state index contributed by atoms with van der Waals surface area (Å²) >= 11 is 0. The molecule has 6 nitrogen and oxygen atoms in total. The molecule has 2 rings (SSSR count). The molecule has 1 aromatic rings. The number of hydrogen-bond donors (Lipinski definition) is 0. The normalized spacial score (nSPS) is 14.1. The van der Waals surface area contributed by atoms with Crippen LogP contribution in [0.25, 0.3) is 0 Å². The van der Waals surface area contributed by atoms with Crippen molar-refractivity contribution in [3.63, 3.8) is 0 Å². The number of anilines is 1. The first-order chi connectivity index (χ1) is 11.1. The third-order valence-corrected chi connectivity index (χ3v) is 4.14. The van der Waals surface area contributed by atoms with Crippen molar-refractivity contribution in [2.24, 2.45) is 0 Å². The molecule has 0 bridgehead atoms. The molecule has 23 heavy (non-hydrogen) atoms. The topological polar surface area (TPSA) is 66.7 Å². The Labute approximate surface area is 137 Å². The zero-order valence-electron chi connectivity index (χ0n) is 14.0. The molecular weight excluding hydrogens is 294 g/mol. The number of carbonyl (C=O) groups is 1. The van der Waals surface area contributed by atoms with Gasteiger partial charge in [0.25, 0.3) is 11.6 Å². The van der Waals surface area contributed by atoms with Gasteiger partial charge in [-0.15, -0.1) is 0 Å². The average Bonchev–Trinajstić information content (AvgIpc) is 3.07. The van der Waals surface area contributed by atoms with Gasteiger partial charge in [-0.25, -0.2) is 0 Å². The van der Waals surface area contributed by atoms with Gasteiger partial charge >= 0.3 is 0 Å². The fourth-order valence-electron chi connectivity index (χ4n) is 3.07. The molecule has 1 aliphatic heterocycles. The average molecular weight is 319 g/mol. The van der Waals surface area contributed by atoms with Crippen LogP contribution in [0.5, 0.6) is 0 Å². The van der Waals surface area contributed by atoms with E-state index in [4.69, 9.17) is 0 Å². The Bertz CT molecular complexity index is 562. The second kappa shape index (κ2) is 7.94. The van der Waals surface area contributed by atoms with Gasteiger partial charge in [-0.1, -0.05) is 13.8 Å². The van der Waals surface area contributed by atoms with E-state index in [1.807, 2.05) is 18.7 Å². The van der Waals surface area contributed by atoms with Gasteiger partial charge in [-0.3, -0.25) is 14.9 Å². The highest BCUT2D eigenvalue weighted by Crippen LogP contribution is 2.32. The second-order valence-electron chi connectivity index (χ2n) is 5.95. The Kier molecular flexibility index (Phi) is 5.96. The SMILES string of the molecule is CCCN(CCC)C(=O)c1ccc(N2CCCC2)c([N+](=O)[O-])c1. The quantitative estimate of drug-likeness (QED) is 0.570. The van der Waals surface area contributed by atoms with Gasteiger partial charge < -0.3 is 9.80 Å². The molecule has 1 aliphatic rings. The summed E-state index contributed by atoms with van der Waals surface area (Å²) in [6.45, 7) is 7.07. The van der Waals surface area contributed by atoms with E-state index in [1.54, 1.807) is 17.0 Å². The molecule has 0 radical (unpaired) electrons. The fourth-order valence-corrected chi connectivity index (χ4v) is 3.07. The molecule has 126 valence electrons. The van der Waals surface area contributed by atoms with Crippen LogP contribution in [0.3, 0.4) is 0 Å². The van der Waals surface area contributed by atoms with Crippen molar-refractivity contribution < 1.29 is 9.72 Å². The first kappa shape index (κ1) is 17.2. The van der Waals surface area contributed by atoms with Crippen molar-refractivity contribution in [2.45, 2.75) is 39.5 Å². The van der Waals surface area contributed by atoms with E-state index in [1.165, 1.54) is 6.07 Å². The molecule has 0 aliphatic carbocycles. The number of amides is 1. The van der Waals surface area contributed by atoms with Crippen LogP contribution in [0.1, 0.15) is 49.9 Å². The standard InChI is InChI=1S/C17H25N3O3/c1-3-9-19(10-4-2)17(21)14-7-8-15(16(13-14)20(22)23)18-11-5-6-12-18/h7-8,13H,3-6,9-12H2,1-2H3. The van der Waals surface area contributed by atoms with E-state index < -0.39 is 0 Å². The molecule has 0 spiro atoms. The minimum atomic E-state index is -0.381. The van der Waals surface area contributed by atoms with Crippen LogP contribution in [0.15, 0.2) is 18.2 Å². The van der Waals surface area contributed by atoms with Gasteiger partial charge in [0.05, 0.1) is 4.92 Å². The number of nitrogens with zero attached hydrogens (tertiary/aromatic N) is 3. The third kappa shape index (κ3) is 4.00. The zero-order valence-corrected chi connectivity index (χ0v) is 14.0. The maximum absolute atomic E-state index is 12.6. The Hall–Kier alpha value is -2.11. The van der Waals surface area contributed by atoms with Crippen LogP contribution in [-0.2, 0) is 0 Å². The number of carbonyl (C=O) groups excluding carboxylic acids is 1. The van der Waals surface area contributed by atoms with E-state index in [-0.39, 0.29) is 16.5 Å². The molecular formula is C17H25N3O3. The van der Waals surface area contributed by atoms with Crippen molar-refractivity contribution in [2.75, 3.05) is 31.1 Å². The van der Waals surface area contributed by atoms with Crippen LogP contribution < -0.4 is 4.90 Å². The van der Waals surface area contributed by atoms with E-state index in [9.17, 15) is 14.9 Å². The molecule has 1 fully saturated rings. The summed E-state index contributed by atoms with van der Waals surface area (Å²) in [6.07, 6.45) is 3.86. The molecule has 1 aromatic carbocycles. The first-order valence-corrected chi connectivity index (χ1v) is 8.41. The summed E-state index contributed by atoms with van der Waals surface area (Å²) in [4.78, 5) is 27.5. The van der Waals surface area contributed by atoms with Crippen LogP contribution >= 0.6 is 0 Å². The van der Waals surface area contributed by atoms with Gasteiger partial charge in [0.2, 0.25) is 0 Å². The lowest BCUT2D eigenvalue weighted by molar-refractivity contribution is -0.384. The molecule has 0 saturated carbocycles. The maximum Gasteiger partial charge on any atom is 0.293 e. The van der Waals surface area contributed by atoms with Gasteiger partial charge in [-0.2, -0.15) is 0 Å². The molecule has 1 amide bonds. The predicted octanol–water partition coefficient (Wildman–Crippen LogP) is 3.46. The minimum Gasteiger partial charge on any atom is -0.366 e. The monoisotopic (exact) mass is 319 g/mol. The second-order valence-corrected chi connectivity index (χ2v) is 5.95. The number of hydrogen-bond acceptors (Lipinski definition) is 4. The van der Waals surface area contributed by atoms with Gasteiger partial charge in [0, 0.05) is 37.8 Å². The summed E-state index contributed by atoms with van der Waals surface area (Å²) in [6, 6.07) is 4.89. The van der Waals surface area contributed by atoms with E-state index >= 15 is 0 Å². The third-order valence-electron chi connectivity index (χ3n) is 4.14. The van der Waals surface area contributed by atoms with Crippen LogP contribution in [0.4, 0.5) is 11.4 Å². The van der Waals surface area contributed by atoms with Crippen molar-refractivity contribution in [1.82, 2.24) is 4.90 Å². The lowest BCUT2D eigenvalue weighted by Gasteiger charge is -2.22. The van der Waals surface area contributed by atoms with Crippen LogP contribution in [-0.4, -0.2) is 41.9 Å². The highest BCUT2D eigenvalue weighted by atomic mass is 16.6. The number of rotatable bonds is 7. The number of nitro benzene ring substituents is 1. The molecule has 1 heterocycles. The summed E-state index contributed by atoms with van der Waals surface area (Å²) in [7, 11) is 0. The molecule has 0 N–H and O–H groups in total. The summed E-state index contributed by atoms with van der Waals surface area (Å²) in [5.41, 5.74) is 1.06. The summed E-state index contributed by atoms with van der Waals surface area (Å²) < 4.78 is 0. The lowest BCUT2D eigenvalue weighted by Crippen LogP contribution is -2.32. The lowest BCUT2D eigenvalue weighted by atomic mass is 10.1. The Balaban J connectivity index is 2.30. The Morgan fingerprint density at radius 1 is 1.22 bits per heavy atom. The highest BCUT2D eigenvalue weighted by Gasteiger charge is 2.25. The van der Waals surface area contributed by atoms with Crippen molar-refractivity contribution in [3.8, 4) is 0 Å². The highest BCUT2D eigenvalue weighted by molar-refractivity contribution is 5.95. The van der Waals surface area contributed by atoms with Crippen molar-refractivity contribution >= 4 is 17.3 Å². The van der Waals surface area contributed by atoms with Gasteiger partial charge in [-0.05, 0) is 37.8 Å². The van der Waals surface area contributed by atoms with E-state index in [0.717, 1.165) is 38.8 Å². The number of benzene rings is 1. The van der Waals surface area contributed by atoms with Gasteiger partial charge in [0.15, 0.2) is 0 Å². The van der Waals surface area contributed by atoms with Crippen LogP contribution in [0.2, 0.25) is 0 Å². The number of nitro groups is 1. The largest absolute Gasteiger partial charge is 0.366 e. The molecule has 6 heteroatoms. The fraction of sp³-hybridized carbons (Fsp3) is 0.588. The Morgan fingerprint density at radius 2 is 1.83 bits per heavy atom. The molecule has 0 aromatic heterocycles. The molecule has 0 unspecified atom stereocenters. The molecule has 0 atom stereocenters. The minimum absolute atomic E-state index is 0.0331. The summed E-state index contributed by atoms with van der Waals surface area (Å²) in [5.74, 6) is -0.121. The zero-order chi connectivity index (χ0) is 16.8. The van der Waals surface area contributed by atoms with Gasteiger partial charge in [0.1, 0.15) is 5.69 Å². The van der Waals surface area contributed by atoms with Crippen LogP contribution in [0, 0.1) is 10.1 Å². The van der Waals surface area contributed by atoms with Crippen molar-refractivity contribution in [3.05, 3.63) is 33.9 Å². The maximum atomic E-state index is 12.6. The van der Waals surface area contributed by atoms with E-state index in [0.29, 0.717) is 24.3 Å². The van der Waals surface area contributed by atoms with Crippen molar-refractivity contribution in [1.29, 1.82) is 0 Å². The smallest absolute Gasteiger partial charge is 0.293 e. The van der Waals surface area contributed by atoms with E-state index in [2.05, 4.69) is 0 Å². The molecule has 1 saturated heterocycles. The predicted molar refractivity (Wildman–Crippen MR) is 91.0 cm³/mol.